The Morgan fingerprint density at radius 3 is 2.24 bits per heavy atom. The van der Waals surface area contributed by atoms with Gasteiger partial charge in [0.2, 0.25) is 10.0 Å². The molecule has 2 rings (SSSR count). The largest absolute Gasteiger partial charge is 0.360 e. The van der Waals surface area contributed by atoms with E-state index in [-0.39, 0.29) is 10.7 Å². The van der Waals surface area contributed by atoms with Crippen LogP contribution in [0.5, 0.6) is 0 Å². The van der Waals surface area contributed by atoms with Crippen molar-refractivity contribution in [2.75, 3.05) is 0 Å². The quantitative estimate of drug-likeness (QED) is 0.935. The van der Waals surface area contributed by atoms with Crippen LogP contribution in [0.1, 0.15) is 30.9 Å². The Bertz CT molecular complexity index is 730. The molecule has 0 aliphatic rings. The zero-order valence-electron chi connectivity index (χ0n) is 12.3. The smallest absolute Gasteiger partial charge is 0.246 e. The van der Waals surface area contributed by atoms with Crippen LogP contribution in [0.3, 0.4) is 0 Å². The van der Waals surface area contributed by atoms with Crippen molar-refractivity contribution in [2.45, 2.75) is 38.1 Å². The number of benzene rings is 1. The molecule has 0 saturated carbocycles. The second-order valence-corrected chi connectivity index (χ2v) is 7.45. The Morgan fingerprint density at radius 2 is 1.76 bits per heavy atom. The minimum Gasteiger partial charge on any atom is -0.360 e. The topological polar surface area (TPSA) is 72.2 Å². The number of aryl methyl sites for hydroxylation is 2. The molecule has 0 unspecified atom stereocenters. The average molecular weight is 329 g/mol. The number of rotatable bonds is 4. The molecule has 1 aromatic heterocycles. The molecule has 0 aliphatic carbocycles. The van der Waals surface area contributed by atoms with Gasteiger partial charge in [-0.3, -0.25) is 0 Å². The first-order valence-electron chi connectivity index (χ1n) is 6.36. The third-order valence-electron chi connectivity index (χ3n) is 3.19. The number of hydrogen-bond acceptors (Lipinski definition) is 4. The summed E-state index contributed by atoms with van der Waals surface area (Å²) < 4.78 is 32.7. The molecule has 5 nitrogen and oxygen atoms in total. The molecule has 0 amide bonds. The molecule has 1 aromatic carbocycles. The van der Waals surface area contributed by atoms with Crippen molar-refractivity contribution in [1.29, 1.82) is 0 Å². The predicted molar refractivity (Wildman–Crippen MR) is 80.8 cm³/mol. The van der Waals surface area contributed by atoms with Gasteiger partial charge in [-0.1, -0.05) is 28.9 Å². The molecule has 0 fully saturated rings. The van der Waals surface area contributed by atoms with Gasteiger partial charge in [-0.05, 0) is 45.4 Å². The summed E-state index contributed by atoms with van der Waals surface area (Å²) in [5.74, 6) is 0.270. The average Bonchev–Trinajstić information content (AvgIpc) is 2.68. The monoisotopic (exact) mass is 328 g/mol. The van der Waals surface area contributed by atoms with Crippen LogP contribution in [0.4, 0.5) is 0 Å². The summed E-state index contributed by atoms with van der Waals surface area (Å²) in [5, 5.41) is 4.29. The van der Waals surface area contributed by atoms with Crippen molar-refractivity contribution in [3.63, 3.8) is 0 Å². The molecule has 0 aliphatic heterocycles. The molecule has 1 N–H and O–H groups in total. The highest BCUT2D eigenvalue weighted by atomic mass is 35.5. The summed E-state index contributed by atoms with van der Waals surface area (Å²) in [4.78, 5) is 0.0875. The van der Waals surface area contributed by atoms with Crippen molar-refractivity contribution in [2.24, 2.45) is 0 Å². The number of sulfonamides is 1. The van der Waals surface area contributed by atoms with E-state index in [2.05, 4.69) is 9.88 Å². The van der Waals surface area contributed by atoms with Crippen LogP contribution < -0.4 is 4.72 Å². The van der Waals surface area contributed by atoms with Crippen LogP contribution in [0.25, 0.3) is 0 Å². The van der Waals surface area contributed by atoms with Gasteiger partial charge in [-0.15, -0.1) is 0 Å². The Morgan fingerprint density at radius 1 is 1.19 bits per heavy atom. The first kappa shape index (κ1) is 16.0. The molecule has 0 atom stereocenters. The molecule has 7 heteroatoms. The van der Waals surface area contributed by atoms with Crippen molar-refractivity contribution >= 4 is 21.6 Å². The van der Waals surface area contributed by atoms with E-state index in [4.69, 9.17) is 16.1 Å². The standard InChI is InChI=1S/C14H17ClN2O3S/c1-9-13(10(2)20-16-9)21(18,19)17-14(3,4)11-5-7-12(15)8-6-11/h5-8,17H,1-4H3. The first-order valence-corrected chi connectivity index (χ1v) is 8.22. The molecule has 0 radical (unpaired) electrons. The Kier molecular flexibility index (Phi) is 4.15. The van der Waals surface area contributed by atoms with E-state index in [1.54, 1.807) is 52.0 Å². The molecule has 0 bridgehead atoms. The van der Waals surface area contributed by atoms with Gasteiger partial charge < -0.3 is 4.52 Å². The lowest BCUT2D eigenvalue weighted by Crippen LogP contribution is -2.41. The van der Waals surface area contributed by atoms with E-state index in [0.29, 0.717) is 10.7 Å². The third kappa shape index (κ3) is 3.28. The van der Waals surface area contributed by atoms with Crippen LogP contribution >= 0.6 is 11.6 Å². The predicted octanol–water partition coefficient (Wildman–Crippen LogP) is 3.16. The number of nitrogens with one attached hydrogen (secondary N) is 1. The zero-order chi connectivity index (χ0) is 15.8. The minimum absolute atomic E-state index is 0.0875. The van der Waals surface area contributed by atoms with Gasteiger partial charge in [-0.2, -0.15) is 0 Å². The Balaban J connectivity index is 2.37. The second kappa shape index (κ2) is 5.44. The highest BCUT2D eigenvalue weighted by Crippen LogP contribution is 2.26. The normalized spacial score (nSPS) is 12.6. The van der Waals surface area contributed by atoms with E-state index in [0.717, 1.165) is 5.56 Å². The third-order valence-corrected chi connectivity index (χ3v) is 5.34. The van der Waals surface area contributed by atoms with Crippen LogP contribution in [-0.2, 0) is 15.6 Å². The van der Waals surface area contributed by atoms with Crippen LogP contribution in [0, 0.1) is 13.8 Å². The number of hydrogen-bond donors (Lipinski definition) is 1. The van der Waals surface area contributed by atoms with E-state index in [1.807, 2.05) is 0 Å². The lowest BCUT2D eigenvalue weighted by atomic mass is 9.96. The summed E-state index contributed by atoms with van der Waals surface area (Å²) in [6.07, 6.45) is 0. The molecular formula is C14H17ClN2O3S. The summed E-state index contributed by atoms with van der Waals surface area (Å²) in [6, 6.07) is 7.03. The Labute approximate surface area is 129 Å². The lowest BCUT2D eigenvalue weighted by Gasteiger charge is -2.26. The second-order valence-electron chi connectivity index (χ2n) is 5.39. The van der Waals surface area contributed by atoms with Gasteiger partial charge >= 0.3 is 0 Å². The molecule has 0 spiro atoms. The molecule has 2 aromatic rings. The summed E-state index contributed by atoms with van der Waals surface area (Å²) >= 11 is 5.86. The maximum atomic E-state index is 12.6. The van der Waals surface area contributed by atoms with E-state index in [1.165, 1.54) is 0 Å². The minimum atomic E-state index is -3.73. The van der Waals surface area contributed by atoms with Gasteiger partial charge in [0.25, 0.3) is 0 Å². The molecular weight excluding hydrogens is 312 g/mol. The van der Waals surface area contributed by atoms with Gasteiger partial charge in [0.05, 0.1) is 5.54 Å². The molecule has 21 heavy (non-hydrogen) atoms. The van der Waals surface area contributed by atoms with Crippen LogP contribution in [-0.4, -0.2) is 13.6 Å². The highest BCUT2D eigenvalue weighted by Gasteiger charge is 2.31. The summed E-state index contributed by atoms with van der Waals surface area (Å²) in [7, 11) is -3.73. The van der Waals surface area contributed by atoms with Crippen LogP contribution in [0.15, 0.2) is 33.7 Å². The lowest BCUT2D eigenvalue weighted by molar-refractivity contribution is 0.390. The van der Waals surface area contributed by atoms with Gasteiger partial charge in [-0.25, -0.2) is 13.1 Å². The number of nitrogens with zero attached hydrogens (tertiary/aromatic N) is 1. The SMILES string of the molecule is Cc1noc(C)c1S(=O)(=O)NC(C)(C)c1ccc(Cl)cc1. The van der Waals surface area contributed by atoms with E-state index >= 15 is 0 Å². The van der Waals surface area contributed by atoms with Crippen molar-refractivity contribution in [3.8, 4) is 0 Å². The molecule has 0 saturated heterocycles. The van der Waals surface area contributed by atoms with Gasteiger partial charge in [0.15, 0.2) is 5.76 Å². The number of aromatic nitrogens is 1. The first-order chi connectivity index (χ1) is 9.63. The maximum absolute atomic E-state index is 12.6. The van der Waals surface area contributed by atoms with Gasteiger partial charge in [0.1, 0.15) is 10.6 Å². The molecule has 1 heterocycles. The van der Waals surface area contributed by atoms with Gasteiger partial charge in [0, 0.05) is 5.02 Å². The highest BCUT2D eigenvalue weighted by molar-refractivity contribution is 7.89. The fourth-order valence-electron chi connectivity index (χ4n) is 2.17. The maximum Gasteiger partial charge on any atom is 0.246 e. The Hall–Kier alpha value is -1.37. The fraction of sp³-hybridized carbons (Fsp3) is 0.357. The van der Waals surface area contributed by atoms with E-state index in [9.17, 15) is 8.42 Å². The van der Waals surface area contributed by atoms with Crippen molar-refractivity contribution in [3.05, 3.63) is 46.3 Å². The molecule has 114 valence electrons. The van der Waals surface area contributed by atoms with Crippen molar-refractivity contribution < 1.29 is 12.9 Å². The van der Waals surface area contributed by atoms with E-state index < -0.39 is 15.6 Å². The zero-order valence-corrected chi connectivity index (χ0v) is 13.8. The summed E-state index contributed by atoms with van der Waals surface area (Å²) in [6.45, 7) is 6.74. The fourth-order valence-corrected chi connectivity index (χ4v) is 4.03. The van der Waals surface area contributed by atoms with Crippen LogP contribution in [0.2, 0.25) is 5.02 Å². The summed E-state index contributed by atoms with van der Waals surface area (Å²) in [5.41, 5.74) is 0.355. The van der Waals surface area contributed by atoms with Crippen molar-refractivity contribution in [1.82, 2.24) is 9.88 Å². The number of halogens is 1.